The number of carbonyl (C=O) groups excluding carboxylic acids is 1. The average molecular weight is 397 g/mol. The fourth-order valence-corrected chi connectivity index (χ4v) is 3.09. The maximum atomic E-state index is 12.7. The van der Waals surface area contributed by atoms with Gasteiger partial charge in [-0.15, -0.1) is 0 Å². The van der Waals surface area contributed by atoms with Gasteiger partial charge in [-0.25, -0.2) is 4.79 Å². The van der Waals surface area contributed by atoms with Crippen molar-refractivity contribution in [1.82, 2.24) is 14.5 Å². The van der Waals surface area contributed by atoms with Crippen molar-refractivity contribution < 1.29 is 14.3 Å². The number of nitrogens with one attached hydrogen (secondary N) is 1. The van der Waals surface area contributed by atoms with Crippen LogP contribution in [0.2, 0.25) is 0 Å². The number of hydrogen-bond acceptors (Lipinski definition) is 5. The lowest BCUT2D eigenvalue weighted by Crippen LogP contribution is -2.42. The molecule has 3 rings (SSSR count). The third-order valence-corrected chi connectivity index (χ3v) is 4.50. The molecule has 0 aliphatic carbocycles. The fraction of sp³-hybridized carbons (Fsp3) is 0.286. The Morgan fingerprint density at radius 2 is 1.69 bits per heavy atom. The van der Waals surface area contributed by atoms with Gasteiger partial charge >= 0.3 is 5.69 Å². The number of ether oxygens (including phenoxy) is 2. The maximum Gasteiger partial charge on any atom is 0.331 e. The molecule has 0 saturated heterocycles. The largest absolute Gasteiger partial charge is 0.493 e. The Balaban J connectivity index is 1.69. The number of carbonyl (C=O) groups is 1. The summed E-state index contributed by atoms with van der Waals surface area (Å²) >= 11 is 0. The molecule has 1 amide bonds. The molecule has 0 atom stereocenters. The lowest BCUT2D eigenvalue weighted by atomic mass is 10.2. The zero-order valence-corrected chi connectivity index (χ0v) is 16.4. The van der Waals surface area contributed by atoms with Crippen molar-refractivity contribution in [1.29, 1.82) is 0 Å². The van der Waals surface area contributed by atoms with Gasteiger partial charge in [-0.1, -0.05) is 24.3 Å². The van der Waals surface area contributed by atoms with Crippen molar-refractivity contribution in [3.05, 3.63) is 69.4 Å². The van der Waals surface area contributed by atoms with Gasteiger partial charge in [0.1, 0.15) is 13.2 Å². The Hall–Kier alpha value is -3.55. The second-order valence-electron chi connectivity index (χ2n) is 6.28. The molecule has 0 radical (unpaired) electrons. The van der Waals surface area contributed by atoms with Crippen molar-refractivity contribution in [2.45, 2.75) is 20.0 Å². The van der Waals surface area contributed by atoms with Crippen LogP contribution >= 0.6 is 0 Å². The molecule has 3 aromatic rings. The number of rotatable bonds is 8. The minimum atomic E-state index is -0.503. The Labute approximate surface area is 167 Å². The molecule has 8 heteroatoms. The first-order valence-corrected chi connectivity index (χ1v) is 9.31. The summed E-state index contributed by atoms with van der Waals surface area (Å²) in [5, 5.41) is 3.13. The quantitative estimate of drug-likeness (QED) is 0.580. The van der Waals surface area contributed by atoms with Crippen molar-refractivity contribution >= 4 is 16.8 Å². The van der Waals surface area contributed by atoms with E-state index < -0.39 is 5.69 Å². The number of benzene rings is 2. The van der Waals surface area contributed by atoms with E-state index in [1.165, 1.54) is 4.57 Å². The molecule has 0 aliphatic heterocycles. The van der Waals surface area contributed by atoms with Crippen LogP contribution in [0, 0.1) is 0 Å². The molecule has 152 valence electrons. The lowest BCUT2D eigenvalue weighted by molar-refractivity contribution is -0.121. The van der Waals surface area contributed by atoms with E-state index in [0.717, 1.165) is 4.57 Å². The third kappa shape index (κ3) is 4.31. The fourth-order valence-electron chi connectivity index (χ4n) is 3.09. The SMILES string of the molecule is CCn1c(=O)c2ccccc2n(CC(=O)NCCOc2ccccc2OC)c1=O. The van der Waals surface area contributed by atoms with Crippen LogP contribution in [0.25, 0.3) is 10.9 Å². The highest BCUT2D eigenvalue weighted by molar-refractivity contribution is 5.81. The maximum absolute atomic E-state index is 12.7. The van der Waals surface area contributed by atoms with Crippen molar-refractivity contribution in [2.75, 3.05) is 20.3 Å². The molecule has 2 aromatic carbocycles. The van der Waals surface area contributed by atoms with Gasteiger partial charge in [0.15, 0.2) is 11.5 Å². The first-order valence-electron chi connectivity index (χ1n) is 9.31. The molecule has 0 saturated carbocycles. The summed E-state index contributed by atoms with van der Waals surface area (Å²) in [5.41, 5.74) is -0.417. The second-order valence-corrected chi connectivity index (χ2v) is 6.28. The molecule has 0 fully saturated rings. The predicted molar refractivity (Wildman–Crippen MR) is 110 cm³/mol. The summed E-state index contributed by atoms with van der Waals surface area (Å²) in [6.45, 7) is 2.27. The molecule has 1 N–H and O–H groups in total. The molecular weight excluding hydrogens is 374 g/mol. The zero-order chi connectivity index (χ0) is 20.8. The number of aromatic nitrogens is 2. The normalized spacial score (nSPS) is 10.7. The molecule has 0 aliphatic rings. The van der Waals surface area contributed by atoms with Crippen LogP contribution in [0.15, 0.2) is 58.1 Å². The predicted octanol–water partition coefficient (Wildman–Crippen LogP) is 1.39. The second kappa shape index (κ2) is 9.09. The smallest absolute Gasteiger partial charge is 0.331 e. The molecule has 0 unspecified atom stereocenters. The first-order chi connectivity index (χ1) is 14.1. The van der Waals surface area contributed by atoms with Crippen LogP contribution in [0.5, 0.6) is 11.5 Å². The van der Waals surface area contributed by atoms with Crippen molar-refractivity contribution in [3.63, 3.8) is 0 Å². The van der Waals surface area contributed by atoms with Gasteiger partial charge in [0.2, 0.25) is 5.91 Å². The van der Waals surface area contributed by atoms with E-state index in [9.17, 15) is 14.4 Å². The van der Waals surface area contributed by atoms with E-state index in [-0.39, 0.29) is 37.7 Å². The number of amides is 1. The van der Waals surface area contributed by atoms with Crippen LogP contribution in [0.3, 0.4) is 0 Å². The van der Waals surface area contributed by atoms with Gasteiger partial charge < -0.3 is 14.8 Å². The Morgan fingerprint density at radius 3 is 2.41 bits per heavy atom. The Bertz CT molecular complexity index is 1130. The minimum Gasteiger partial charge on any atom is -0.493 e. The summed E-state index contributed by atoms with van der Waals surface area (Å²) in [6.07, 6.45) is 0. The summed E-state index contributed by atoms with van der Waals surface area (Å²) in [4.78, 5) is 37.5. The summed E-state index contributed by atoms with van der Waals surface area (Å²) in [7, 11) is 1.56. The van der Waals surface area contributed by atoms with E-state index in [1.54, 1.807) is 50.4 Å². The molecular formula is C21H23N3O5. The molecule has 0 bridgehead atoms. The van der Waals surface area contributed by atoms with E-state index in [2.05, 4.69) is 5.32 Å². The van der Waals surface area contributed by atoms with Gasteiger partial charge in [-0.05, 0) is 31.2 Å². The molecule has 1 aromatic heterocycles. The molecule has 29 heavy (non-hydrogen) atoms. The van der Waals surface area contributed by atoms with Gasteiger partial charge in [0.05, 0.1) is 24.6 Å². The highest BCUT2D eigenvalue weighted by Gasteiger charge is 2.14. The number of hydrogen-bond donors (Lipinski definition) is 1. The highest BCUT2D eigenvalue weighted by Crippen LogP contribution is 2.25. The Kier molecular flexibility index (Phi) is 6.33. The monoisotopic (exact) mass is 397 g/mol. The van der Waals surface area contributed by atoms with Gasteiger partial charge in [-0.3, -0.25) is 18.7 Å². The third-order valence-electron chi connectivity index (χ3n) is 4.50. The lowest BCUT2D eigenvalue weighted by Gasteiger charge is -2.14. The summed E-state index contributed by atoms with van der Waals surface area (Å²) in [5.74, 6) is 0.849. The molecule has 8 nitrogen and oxygen atoms in total. The van der Waals surface area contributed by atoms with Crippen LogP contribution in [-0.4, -0.2) is 35.3 Å². The van der Waals surface area contributed by atoms with Crippen LogP contribution in [0.4, 0.5) is 0 Å². The Morgan fingerprint density at radius 1 is 1.00 bits per heavy atom. The van der Waals surface area contributed by atoms with Gasteiger partial charge in [0.25, 0.3) is 5.56 Å². The van der Waals surface area contributed by atoms with Crippen molar-refractivity contribution in [3.8, 4) is 11.5 Å². The first kappa shape index (κ1) is 20.2. The topological polar surface area (TPSA) is 91.6 Å². The summed E-state index contributed by atoms with van der Waals surface area (Å²) in [6, 6.07) is 14.0. The van der Waals surface area contributed by atoms with E-state index >= 15 is 0 Å². The summed E-state index contributed by atoms with van der Waals surface area (Å²) < 4.78 is 13.3. The zero-order valence-electron chi connectivity index (χ0n) is 16.4. The minimum absolute atomic E-state index is 0.186. The molecule has 0 spiro atoms. The van der Waals surface area contributed by atoms with E-state index in [0.29, 0.717) is 22.4 Å². The van der Waals surface area contributed by atoms with Crippen LogP contribution in [0.1, 0.15) is 6.92 Å². The average Bonchev–Trinajstić information content (AvgIpc) is 2.75. The number of fused-ring (bicyclic) bond motifs is 1. The number of nitrogens with zero attached hydrogens (tertiary/aromatic N) is 2. The number of para-hydroxylation sites is 3. The number of methoxy groups -OCH3 is 1. The van der Waals surface area contributed by atoms with Crippen LogP contribution < -0.4 is 26.0 Å². The van der Waals surface area contributed by atoms with E-state index in [1.807, 2.05) is 12.1 Å². The highest BCUT2D eigenvalue weighted by atomic mass is 16.5. The van der Waals surface area contributed by atoms with Gasteiger partial charge in [0, 0.05) is 6.54 Å². The van der Waals surface area contributed by atoms with Crippen molar-refractivity contribution in [2.24, 2.45) is 0 Å². The van der Waals surface area contributed by atoms with Crippen LogP contribution in [-0.2, 0) is 17.9 Å². The standard InChI is InChI=1S/C21H23N3O5/c1-3-23-20(26)15-8-4-5-9-16(15)24(21(23)27)14-19(25)22-12-13-29-18-11-7-6-10-17(18)28-2/h4-11H,3,12-14H2,1-2H3,(H,22,25). The van der Waals surface area contributed by atoms with E-state index in [4.69, 9.17) is 9.47 Å². The molecule has 1 heterocycles. The van der Waals surface area contributed by atoms with Gasteiger partial charge in [-0.2, -0.15) is 0 Å².